The lowest BCUT2D eigenvalue weighted by molar-refractivity contribution is -0.137. The van der Waals surface area contributed by atoms with E-state index < -0.39 is 34.5 Å². The van der Waals surface area contributed by atoms with Gasteiger partial charge in [-0.3, -0.25) is 9.59 Å². The second-order valence-corrected chi connectivity index (χ2v) is 9.46. The van der Waals surface area contributed by atoms with Gasteiger partial charge in [-0.1, -0.05) is 51.4 Å². The van der Waals surface area contributed by atoms with Crippen molar-refractivity contribution in [3.63, 3.8) is 0 Å². The molecule has 4 rings (SSSR count). The fourth-order valence-electron chi connectivity index (χ4n) is 4.23. The van der Waals surface area contributed by atoms with E-state index in [1.807, 2.05) is 27.7 Å². The minimum absolute atomic E-state index is 0.0610. The van der Waals surface area contributed by atoms with Crippen LogP contribution in [0.15, 0.2) is 65.8 Å². The Bertz CT molecular complexity index is 1470. The third-order valence-electron chi connectivity index (χ3n) is 6.26. The molecule has 1 fully saturated rings. The van der Waals surface area contributed by atoms with Crippen LogP contribution in [0.4, 0.5) is 24.5 Å². The molecule has 44 heavy (non-hydrogen) atoms. The van der Waals surface area contributed by atoms with Crippen LogP contribution >= 0.6 is 11.6 Å². The molecule has 0 aliphatic carbocycles. The highest BCUT2D eigenvalue weighted by molar-refractivity contribution is 6.31. The molecule has 0 bridgehead atoms. The van der Waals surface area contributed by atoms with E-state index in [0.29, 0.717) is 0 Å². The fourth-order valence-corrected chi connectivity index (χ4v) is 4.46. The maximum Gasteiger partial charge on any atom is 0.417 e. The number of carboxylic acid groups (broad SMARTS) is 1. The van der Waals surface area contributed by atoms with Gasteiger partial charge < -0.3 is 15.3 Å². The van der Waals surface area contributed by atoms with E-state index in [-0.39, 0.29) is 27.9 Å². The van der Waals surface area contributed by atoms with Crippen molar-refractivity contribution in [2.75, 3.05) is 23.3 Å². The standard InChI is InChI=1S/C28H24ClF3N4O4.2C2H6/c29-23-9-7-17(13-22(23)28(30,31)32)16-33-35-26(38)21-15-20(36-11-2-1-3-12-36)8-10-24(21)34-25(37)18-5-4-6-19(14-18)27(39)40;2*1-2/h4-10,13-16H,1-3,11-12H2,(H,34,37)(H,35,38)(H,39,40);2*1-2H3/b33-16+;;. The number of benzene rings is 3. The second kappa shape index (κ2) is 17.0. The Morgan fingerprint density at radius 3 is 2.18 bits per heavy atom. The Hall–Kier alpha value is -4.38. The Morgan fingerprint density at radius 2 is 1.55 bits per heavy atom. The van der Waals surface area contributed by atoms with Crippen molar-refractivity contribution in [2.45, 2.75) is 53.1 Å². The number of nitrogens with zero attached hydrogens (tertiary/aromatic N) is 2. The molecule has 1 saturated heterocycles. The predicted octanol–water partition coefficient (Wildman–Crippen LogP) is 8.12. The van der Waals surface area contributed by atoms with Gasteiger partial charge in [-0.25, -0.2) is 10.2 Å². The summed E-state index contributed by atoms with van der Waals surface area (Å²) in [4.78, 5) is 39.5. The summed E-state index contributed by atoms with van der Waals surface area (Å²) < 4.78 is 39.5. The number of halogens is 4. The third kappa shape index (κ3) is 9.84. The molecule has 3 N–H and O–H groups in total. The molecule has 0 unspecified atom stereocenters. The van der Waals surface area contributed by atoms with Gasteiger partial charge >= 0.3 is 12.1 Å². The number of piperidine rings is 1. The quantitative estimate of drug-likeness (QED) is 0.180. The Labute approximate surface area is 259 Å². The zero-order valence-electron chi connectivity index (χ0n) is 25.0. The van der Waals surface area contributed by atoms with Crippen LogP contribution in [0.5, 0.6) is 0 Å². The lowest BCUT2D eigenvalue weighted by atomic mass is 10.1. The number of hydrogen-bond donors (Lipinski definition) is 3. The Morgan fingerprint density at radius 1 is 0.886 bits per heavy atom. The number of rotatable bonds is 7. The molecule has 3 aromatic carbocycles. The van der Waals surface area contributed by atoms with E-state index in [2.05, 4.69) is 20.7 Å². The van der Waals surface area contributed by atoms with Gasteiger partial charge in [0.15, 0.2) is 0 Å². The van der Waals surface area contributed by atoms with Crippen molar-refractivity contribution >= 4 is 47.0 Å². The van der Waals surface area contributed by atoms with Gasteiger partial charge in [0.2, 0.25) is 0 Å². The molecule has 1 heterocycles. The van der Waals surface area contributed by atoms with Gasteiger partial charge in [-0.15, -0.1) is 0 Å². The van der Waals surface area contributed by atoms with Gasteiger partial charge in [0.1, 0.15) is 0 Å². The molecule has 0 atom stereocenters. The predicted molar refractivity (Wildman–Crippen MR) is 168 cm³/mol. The molecule has 1 aliphatic heterocycles. The molecule has 2 amide bonds. The van der Waals surface area contributed by atoms with Gasteiger partial charge in [-0.05, 0) is 73.4 Å². The normalized spacial score (nSPS) is 12.8. The van der Waals surface area contributed by atoms with Crippen LogP contribution in [0.2, 0.25) is 5.02 Å². The van der Waals surface area contributed by atoms with Gasteiger partial charge in [0.25, 0.3) is 11.8 Å². The van der Waals surface area contributed by atoms with E-state index in [9.17, 15) is 32.7 Å². The first-order valence-corrected chi connectivity index (χ1v) is 14.6. The van der Waals surface area contributed by atoms with E-state index in [4.69, 9.17) is 11.6 Å². The number of carbonyl (C=O) groups is 3. The number of carboxylic acids is 1. The monoisotopic (exact) mass is 632 g/mol. The van der Waals surface area contributed by atoms with Crippen LogP contribution in [0.25, 0.3) is 0 Å². The molecule has 1 aliphatic rings. The molecule has 0 aromatic heterocycles. The number of amides is 2. The molecule has 3 aromatic rings. The van der Waals surface area contributed by atoms with Crippen LogP contribution < -0.4 is 15.6 Å². The largest absolute Gasteiger partial charge is 0.478 e. The number of hydrogen-bond acceptors (Lipinski definition) is 5. The maximum absolute atomic E-state index is 13.2. The maximum atomic E-state index is 13.2. The first-order valence-electron chi connectivity index (χ1n) is 14.3. The molecular weight excluding hydrogens is 597 g/mol. The number of nitrogens with one attached hydrogen (secondary N) is 2. The molecule has 8 nitrogen and oxygen atoms in total. The summed E-state index contributed by atoms with van der Waals surface area (Å²) in [7, 11) is 0. The summed E-state index contributed by atoms with van der Waals surface area (Å²) >= 11 is 5.65. The first-order chi connectivity index (χ1) is 21.0. The lowest BCUT2D eigenvalue weighted by Crippen LogP contribution is -2.30. The highest BCUT2D eigenvalue weighted by Crippen LogP contribution is 2.35. The molecular formula is C32H36ClF3N4O4. The minimum Gasteiger partial charge on any atom is -0.478 e. The molecule has 0 radical (unpaired) electrons. The van der Waals surface area contributed by atoms with Crippen molar-refractivity contribution in [3.8, 4) is 0 Å². The van der Waals surface area contributed by atoms with Crippen LogP contribution in [0.3, 0.4) is 0 Å². The lowest BCUT2D eigenvalue weighted by Gasteiger charge is -2.29. The van der Waals surface area contributed by atoms with Crippen molar-refractivity contribution in [3.05, 3.63) is 93.5 Å². The SMILES string of the molecule is CC.CC.O=C(O)c1cccc(C(=O)Nc2ccc(N3CCCCC3)cc2C(=O)N/N=C/c2ccc(Cl)c(C(F)(F)F)c2)c1. The zero-order chi connectivity index (χ0) is 32.9. The van der Waals surface area contributed by atoms with Crippen molar-refractivity contribution in [1.82, 2.24) is 5.43 Å². The van der Waals surface area contributed by atoms with E-state index in [1.54, 1.807) is 18.2 Å². The van der Waals surface area contributed by atoms with E-state index in [1.165, 1.54) is 30.3 Å². The summed E-state index contributed by atoms with van der Waals surface area (Å²) in [5, 5.41) is 15.2. The van der Waals surface area contributed by atoms with Gasteiger partial charge in [-0.2, -0.15) is 18.3 Å². The summed E-state index contributed by atoms with van der Waals surface area (Å²) in [6, 6.07) is 13.6. The van der Waals surface area contributed by atoms with Crippen LogP contribution in [-0.4, -0.2) is 42.2 Å². The van der Waals surface area contributed by atoms with Crippen molar-refractivity contribution in [1.29, 1.82) is 0 Å². The summed E-state index contributed by atoms with van der Waals surface area (Å²) in [6.07, 6.45) is -0.525. The van der Waals surface area contributed by atoms with E-state index in [0.717, 1.165) is 56.4 Å². The Kier molecular flexibility index (Phi) is 13.9. The van der Waals surface area contributed by atoms with Crippen LogP contribution in [0.1, 0.15) is 89.2 Å². The number of carbonyl (C=O) groups excluding carboxylic acids is 2. The topological polar surface area (TPSA) is 111 Å². The minimum atomic E-state index is -4.66. The van der Waals surface area contributed by atoms with Crippen LogP contribution in [0, 0.1) is 0 Å². The fraction of sp³-hybridized carbons (Fsp3) is 0.312. The average molecular weight is 633 g/mol. The smallest absolute Gasteiger partial charge is 0.417 e. The highest BCUT2D eigenvalue weighted by Gasteiger charge is 2.33. The zero-order valence-corrected chi connectivity index (χ0v) is 25.7. The molecule has 236 valence electrons. The second-order valence-electron chi connectivity index (χ2n) is 9.05. The van der Waals surface area contributed by atoms with Crippen LogP contribution in [-0.2, 0) is 6.18 Å². The number of anilines is 2. The molecule has 0 spiro atoms. The average Bonchev–Trinajstić information content (AvgIpc) is 3.03. The summed E-state index contributed by atoms with van der Waals surface area (Å²) in [5.74, 6) is -2.54. The Balaban J connectivity index is 0.00000162. The van der Waals surface area contributed by atoms with Crippen molar-refractivity contribution in [2.24, 2.45) is 5.10 Å². The number of hydrazone groups is 1. The van der Waals surface area contributed by atoms with Gasteiger partial charge in [0.05, 0.1) is 33.6 Å². The van der Waals surface area contributed by atoms with Crippen molar-refractivity contribution < 1.29 is 32.7 Å². The number of aromatic carboxylic acids is 1. The molecule has 12 heteroatoms. The number of alkyl halides is 3. The highest BCUT2D eigenvalue weighted by atomic mass is 35.5. The summed E-state index contributed by atoms with van der Waals surface area (Å²) in [5.41, 5.74) is 2.29. The van der Waals surface area contributed by atoms with E-state index >= 15 is 0 Å². The first kappa shape index (κ1) is 35.8. The third-order valence-corrected chi connectivity index (χ3v) is 6.59. The summed E-state index contributed by atoms with van der Waals surface area (Å²) in [6.45, 7) is 9.59. The molecule has 0 saturated carbocycles. The van der Waals surface area contributed by atoms with Gasteiger partial charge in [0, 0.05) is 24.3 Å².